The first-order chi connectivity index (χ1) is 15.9. The summed E-state index contributed by atoms with van der Waals surface area (Å²) in [4.78, 5) is 16.4. The Kier molecular flexibility index (Phi) is 8.25. The zero-order valence-corrected chi connectivity index (χ0v) is 21.3. The molecule has 2 aromatic rings. The van der Waals surface area contributed by atoms with Crippen LogP contribution < -0.4 is 4.72 Å². The van der Waals surface area contributed by atoms with Crippen LogP contribution in [0.2, 0.25) is 0 Å². The van der Waals surface area contributed by atoms with Crippen LogP contribution in [0.1, 0.15) is 75.7 Å². The molecule has 2 aliphatic rings. The molecule has 0 spiro atoms. The number of thiophene rings is 1. The molecule has 7 heteroatoms. The van der Waals surface area contributed by atoms with Crippen LogP contribution in [-0.2, 0) is 29.0 Å². The number of carbonyl (C=O) groups is 1. The third-order valence-corrected chi connectivity index (χ3v) is 8.26. The summed E-state index contributed by atoms with van der Waals surface area (Å²) in [5, 5.41) is 0.661. The molecule has 0 bridgehead atoms. The Morgan fingerprint density at radius 2 is 1.85 bits per heavy atom. The van der Waals surface area contributed by atoms with Crippen molar-refractivity contribution >= 4 is 33.5 Å². The fraction of sp³-hybridized carbons (Fsp3) is 0.577. The maximum absolute atomic E-state index is 13.1. The summed E-state index contributed by atoms with van der Waals surface area (Å²) in [7, 11) is 0. The number of hydrogen-bond donors (Lipinski definition) is 1. The first-order valence-electron chi connectivity index (χ1n) is 12.3. The van der Waals surface area contributed by atoms with E-state index in [4.69, 9.17) is 0 Å². The summed E-state index contributed by atoms with van der Waals surface area (Å²) in [6, 6.07) is 10.8. The molecule has 33 heavy (non-hydrogen) atoms. The topological polar surface area (TPSA) is 72.5 Å². The van der Waals surface area contributed by atoms with Gasteiger partial charge in [-0.05, 0) is 61.1 Å². The highest BCUT2D eigenvalue weighted by Gasteiger charge is 2.33. The van der Waals surface area contributed by atoms with E-state index >= 15 is 0 Å². The first kappa shape index (κ1) is 24.4. The number of anilines is 1. The van der Waals surface area contributed by atoms with Crippen LogP contribution in [0.15, 0.2) is 30.3 Å². The van der Waals surface area contributed by atoms with Crippen molar-refractivity contribution in [3.05, 3.63) is 40.8 Å². The molecule has 1 aromatic heterocycles. The fourth-order valence-corrected chi connectivity index (χ4v) is 6.63. The van der Waals surface area contributed by atoms with Gasteiger partial charge in [-0.3, -0.25) is 9.00 Å². The molecule has 0 aliphatic heterocycles. The van der Waals surface area contributed by atoms with Crippen LogP contribution in [0, 0.1) is 11.8 Å². The largest absolute Gasteiger partial charge is 0.755 e. The van der Waals surface area contributed by atoms with Gasteiger partial charge in [0.25, 0.3) is 0 Å². The lowest BCUT2D eigenvalue weighted by atomic mass is 9.86. The van der Waals surface area contributed by atoms with Crippen LogP contribution in [-0.4, -0.2) is 25.6 Å². The first-order valence-corrected chi connectivity index (χ1v) is 14.2. The summed E-state index contributed by atoms with van der Waals surface area (Å²) in [5.41, 5.74) is 3.03. The average Bonchev–Trinajstić information content (AvgIpc) is 3.54. The van der Waals surface area contributed by atoms with Crippen molar-refractivity contribution in [1.29, 1.82) is 0 Å². The molecule has 1 heterocycles. The van der Waals surface area contributed by atoms with Crippen molar-refractivity contribution < 1.29 is 13.6 Å². The predicted octanol–water partition coefficient (Wildman–Crippen LogP) is 6.28. The van der Waals surface area contributed by atoms with Crippen molar-refractivity contribution in [2.24, 2.45) is 11.8 Å². The third-order valence-electron chi connectivity index (χ3n) is 6.68. The van der Waals surface area contributed by atoms with E-state index in [2.05, 4.69) is 41.7 Å². The SMILES string of the molecule is CC(C)Cc1cc(-c2ccc(CN(C(=O)CC3CCCCC3)C3CC3)cc2)c(NS(=O)[O-])s1. The molecule has 0 saturated heterocycles. The van der Waals surface area contributed by atoms with E-state index in [1.165, 1.54) is 48.3 Å². The Morgan fingerprint density at radius 3 is 2.45 bits per heavy atom. The van der Waals surface area contributed by atoms with Gasteiger partial charge in [-0.25, -0.2) is 0 Å². The molecule has 180 valence electrons. The van der Waals surface area contributed by atoms with Gasteiger partial charge in [0.15, 0.2) is 0 Å². The quantitative estimate of drug-likeness (QED) is 0.401. The zero-order valence-electron chi connectivity index (χ0n) is 19.7. The monoisotopic (exact) mass is 487 g/mol. The minimum atomic E-state index is -2.35. The molecule has 2 fully saturated rings. The molecule has 1 N–H and O–H groups in total. The van der Waals surface area contributed by atoms with E-state index in [9.17, 15) is 13.6 Å². The predicted molar refractivity (Wildman–Crippen MR) is 136 cm³/mol. The van der Waals surface area contributed by atoms with Crippen molar-refractivity contribution in [1.82, 2.24) is 4.90 Å². The summed E-state index contributed by atoms with van der Waals surface area (Å²) in [6.07, 6.45) is 10.1. The van der Waals surface area contributed by atoms with Crippen LogP contribution >= 0.6 is 11.3 Å². The summed E-state index contributed by atoms with van der Waals surface area (Å²) < 4.78 is 25.2. The Morgan fingerprint density at radius 1 is 1.15 bits per heavy atom. The van der Waals surface area contributed by atoms with Gasteiger partial charge in [-0.1, -0.05) is 57.4 Å². The van der Waals surface area contributed by atoms with E-state index in [-0.39, 0.29) is 0 Å². The van der Waals surface area contributed by atoms with Gasteiger partial charge in [-0.2, -0.15) is 0 Å². The van der Waals surface area contributed by atoms with E-state index in [1.807, 2.05) is 12.1 Å². The Labute approximate surface area is 204 Å². The Hall–Kier alpha value is -1.70. The highest BCUT2D eigenvalue weighted by Crippen LogP contribution is 2.38. The highest BCUT2D eigenvalue weighted by atomic mass is 32.2. The second kappa shape index (κ2) is 11.2. The average molecular weight is 488 g/mol. The molecular formula is C26H35N2O3S2-. The van der Waals surface area contributed by atoms with Gasteiger partial charge in [0.1, 0.15) is 5.00 Å². The van der Waals surface area contributed by atoms with Gasteiger partial charge in [0, 0.05) is 40.7 Å². The van der Waals surface area contributed by atoms with Crippen LogP contribution in [0.25, 0.3) is 11.1 Å². The second-order valence-corrected chi connectivity index (χ2v) is 11.9. The number of carbonyl (C=O) groups excluding carboxylic acids is 1. The van der Waals surface area contributed by atoms with E-state index in [1.54, 1.807) is 0 Å². The summed E-state index contributed by atoms with van der Waals surface area (Å²) in [6.45, 7) is 4.98. The number of hydrogen-bond acceptors (Lipinski definition) is 4. The Bertz CT molecular complexity index is 960. The second-order valence-electron chi connectivity index (χ2n) is 10.0. The van der Waals surface area contributed by atoms with E-state index in [0.29, 0.717) is 41.8 Å². The number of nitrogens with zero attached hydrogens (tertiary/aromatic N) is 1. The standard InChI is InChI=1S/C26H36N2O3S2/c1-18(2)14-23-16-24(26(32-23)27-33(30)31)21-10-8-20(9-11-21)17-28(22-12-13-22)25(29)15-19-6-4-3-5-7-19/h8-11,16,18-19,22,27H,3-7,12-15,17H2,1-2H3,(H,30,31)/p-1. The lowest BCUT2D eigenvalue weighted by Crippen LogP contribution is -2.34. The van der Waals surface area contributed by atoms with Gasteiger partial charge in [0.05, 0.1) is 0 Å². The molecule has 5 nitrogen and oxygen atoms in total. The molecule has 1 unspecified atom stereocenters. The molecule has 1 aromatic carbocycles. The highest BCUT2D eigenvalue weighted by molar-refractivity contribution is 7.80. The fourth-order valence-electron chi connectivity index (χ4n) is 4.86. The number of rotatable bonds is 10. The van der Waals surface area contributed by atoms with Crippen LogP contribution in [0.5, 0.6) is 0 Å². The normalized spacial score (nSPS) is 17.8. The summed E-state index contributed by atoms with van der Waals surface area (Å²) >= 11 is -0.852. The van der Waals surface area contributed by atoms with Gasteiger partial charge in [0.2, 0.25) is 5.91 Å². The maximum Gasteiger partial charge on any atom is 0.223 e. The smallest absolute Gasteiger partial charge is 0.223 e. The van der Waals surface area contributed by atoms with Crippen molar-refractivity contribution in [2.75, 3.05) is 4.72 Å². The van der Waals surface area contributed by atoms with Crippen LogP contribution in [0.3, 0.4) is 0 Å². The van der Waals surface area contributed by atoms with Crippen LogP contribution in [0.4, 0.5) is 5.00 Å². The molecule has 2 saturated carbocycles. The minimum Gasteiger partial charge on any atom is -0.755 e. The molecule has 1 atom stereocenters. The van der Waals surface area contributed by atoms with Gasteiger partial charge in [-0.15, -0.1) is 11.3 Å². The number of benzene rings is 1. The molecule has 4 rings (SSSR count). The van der Waals surface area contributed by atoms with Gasteiger partial charge < -0.3 is 14.2 Å². The lowest BCUT2D eigenvalue weighted by Gasteiger charge is -2.27. The van der Waals surface area contributed by atoms with Crippen molar-refractivity contribution in [3.8, 4) is 11.1 Å². The lowest BCUT2D eigenvalue weighted by molar-refractivity contribution is -0.133. The maximum atomic E-state index is 13.1. The van der Waals surface area contributed by atoms with Crippen molar-refractivity contribution in [3.63, 3.8) is 0 Å². The third kappa shape index (κ3) is 6.90. The minimum absolute atomic E-state index is 0.314. The Balaban J connectivity index is 1.46. The van der Waals surface area contributed by atoms with Crippen molar-refractivity contribution in [2.45, 2.75) is 84.2 Å². The van der Waals surface area contributed by atoms with E-state index < -0.39 is 11.3 Å². The molecule has 1 amide bonds. The number of amides is 1. The van der Waals surface area contributed by atoms with Gasteiger partial charge >= 0.3 is 0 Å². The van der Waals surface area contributed by atoms with E-state index in [0.717, 1.165) is 36.0 Å². The molecule has 2 aliphatic carbocycles. The molecular weight excluding hydrogens is 452 g/mol. The molecule has 0 radical (unpaired) electrons. The zero-order chi connectivity index (χ0) is 23.4. The number of nitrogens with one attached hydrogen (secondary N) is 1. The summed E-state index contributed by atoms with van der Waals surface area (Å²) in [5.74, 6) is 1.38.